The summed E-state index contributed by atoms with van der Waals surface area (Å²) in [5.41, 5.74) is 0. The Kier molecular flexibility index (Phi) is 4.24. The summed E-state index contributed by atoms with van der Waals surface area (Å²) in [6.45, 7) is 1.43. The van der Waals surface area contributed by atoms with Gasteiger partial charge in [-0.1, -0.05) is 18.0 Å². The van der Waals surface area contributed by atoms with Gasteiger partial charge in [-0.25, -0.2) is 13.4 Å². The van der Waals surface area contributed by atoms with Crippen LogP contribution in [0.5, 0.6) is 0 Å². The fourth-order valence-corrected chi connectivity index (χ4v) is 4.85. The van der Waals surface area contributed by atoms with Crippen molar-refractivity contribution in [2.75, 3.05) is 19.8 Å². The monoisotopic (exact) mass is 335 g/mol. The van der Waals surface area contributed by atoms with Crippen molar-refractivity contribution >= 4 is 21.6 Å². The molecular weight excluding hydrogens is 318 g/mol. The second-order valence-electron chi connectivity index (χ2n) is 5.24. The first-order valence-corrected chi connectivity index (χ1v) is 8.75. The maximum absolute atomic E-state index is 12.8. The average Bonchev–Trinajstić information content (AvgIpc) is 3.10. The van der Waals surface area contributed by atoms with Gasteiger partial charge in [-0.15, -0.1) is 0 Å². The second-order valence-corrected chi connectivity index (χ2v) is 7.40. The third kappa shape index (κ3) is 2.70. The Morgan fingerprint density at radius 3 is 2.67 bits per heavy atom. The lowest BCUT2D eigenvalue weighted by Crippen LogP contribution is -2.50. The number of ether oxygens (including phenoxy) is 2. The molecule has 2 fully saturated rings. The normalized spacial score (nSPS) is 25.5. The molecule has 2 aliphatic heterocycles. The van der Waals surface area contributed by atoms with Crippen molar-refractivity contribution in [2.24, 2.45) is 7.05 Å². The van der Waals surface area contributed by atoms with Crippen LogP contribution < -0.4 is 0 Å². The first kappa shape index (κ1) is 15.2. The topological polar surface area (TPSA) is 73.7 Å². The van der Waals surface area contributed by atoms with Gasteiger partial charge >= 0.3 is 0 Å². The third-order valence-corrected chi connectivity index (χ3v) is 6.26. The van der Waals surface area contributed by atoms with E-state index in [0.717, 1.165) is 12.8 Å². The number of hydrogen-bond acceptors (Lipinski definition) is 5. The van der Waals surface area contributed by atoms with Crippen LogP contribution in [0.2, 0.25) is 5.15 Å². The molecule has 1 atom stereocenters. The van der Waals surface area contributed by atoms with Crippen molar-refractivity contribution in [2.45, 2.75) is 36.6 Å². The fourth-order valence-electron chi connectivity index (χ4n) is 2.78. The van der Waals surface area contributed by atoms with Crippen LogP contribution in [0.3, 0.4) is 0 Å². The van der Waals surface area contributed by atoms with Gasteiger partial charge < -0.3 is 14.0 Å². The summed E-state index contributed by atoms with van der Waals surface area (Å²) in [7, 11) is -2.09. The van der Waals surface area contributed by atoms with Crippen LogP contribution >= 0.6 is 11.6 Å². The molecule has 21 heavy (non-hydrogen) atoms. The van der Waals surface area contributed by atoms with Crippen LogP contribution in [0.15, 0.2) is 11.4 Å². The van der Waals surface area contributed by atoms with Gasteiger partial charge in [0.1, 0.15) is 5.15 Å². The Morgan fingerprint density at radius 1 is 1.33 bits per heavy atom. The van der Waals surface area contributed by atoms with Gasteiger partial charge in [0.2, 0.25) is 5.03 Å². The Morgan fingerprint density at radius 2 is 2.05 bits per heavy atom. The number of halogens is 1. The Balaban J connectivity index is 1.93. The molecule has 3 rings (SSSR count). The number of piperidine rings is 1. The number of hydrogen-bond donors (Lipinski definition) is 0. The van der Waals surface area contributed by atoms with Gasteiger partial charge in [0.05, 0.1) is 25.6 Å². The number of aromatic nitrogens is 2. The molecule has 1 aromatic heterocycles. The molecule has 7 nitrogen and oxygen atoms in total. The molecule has 0 bridgehead atoms. The third-order valence-electron chi connectivity index (χ3n) is 3.85. The highest BCUT2D eigenvalue weighted by molar-refractivity contribution is 7.89. The zero-order chi connectivity index (χ0) is 15.0. The van der Waals surface area contributed by atoms with Gasteiger partial charge in [-0.3, -0.25) is 0 Å². The summed E-state index contributed by atoms with van der Waals surface area (Å²) in [6, 6.07) is -0.315. The van der Waals surface area contributed by atoms with Crippen LogP contribution in [-0.4, -0.2) is 54.4 Å². The standard InChI is InChI=1S/C12H18ClN3O4S/c1-15-8-14-11(10(15)13)21(17,18)16-5-3-2-4-9(16)12-19-6-7-20-12/h8-9,12H,2-7H2,1H3. The summed E-state index contributed by atoms with van der Waals surface area (Å²) < 4.78 is 39.6. The van der Waals surface area contributed by atoms with E-state index in [1.807, 2.05) is 0 Å². The van der Waals surface area contributed by atoms with Gasteiger partial charge in [-0.2, -0.15) is 4.31 Å². The van der Waals surface area contributed by atoms with Crippen LogP contribution in [0.1, 0.15) is 19.3 Å². The van der Waals surface area contributed by atoms with E-state index in [-0.39, 0.29) is 16.2 Å². The summed E-state index contributed by atoms with van der Waals surface area (Å²) >= 11 is 6.05. The van der Waals surface area contributed by atoms with Gasteiger partial charge in [-0.05, 0) is 12.8 Å². The van der Waals surface area contributed by atoms with Crippen molar-refractivity contribution in [1.82, 2.24) is 13.9 Å². The zero-order valence-corrected chi connectivity index (χ0v) is 13.3. The molecule has 9 heteroatoms. The minimum absolute atomic E-state index is 0.100. The minimum atomic E-state index is -3.75. The van der Waals surface area contributed by atoms with E-state index in [1.165, 1.54) is 15.2 Å². The van der Waals surface area contributed by atoms with E-state index < -0.39 is 16.3 Å². The van der Waals surface area contributed by atoms with E-state index in [4.69, 9.17) is 21.1 Å². The molecule has 1 aromatic rings. The maximum Gasteiger partial charge on any atom is 0.264 e. The Hall–Kier alpha value is -0.670. The first-order chi connectivity index (χ1) is 10.0. The molecule has 1 unspecified atom stereocenters. The highest BCUT2D eigenvalue weighted by atomic mass is 35.5. The quantitative estimate of drug-likeness (QED) is 0.823. The van der Waals surface area contributed by atoms with Crippen molar-refractivity contribution in [3.05, 3.63) is 11.5 Å². The lowest BCUT2D eigenvalue weighted by Gasteiger charge is -2.36. The van der Waals surface area contributed by atoms with Crippen LogP contribution in [0.4, 0.5) is 0 Å². The highest BCUT2D eigenvalue weighted by Gasteiger charge is 2.42. The SMILES string of the molecule is Cn1cnc(S(=O)(=O)N2CCCCC2C2OCCO2)c1Cl. The predicted molar refractivity (Wildman–Crippen MR) is 75.4 cm³/mol. The average molecular weight is 336 g/mol. The van der Waals surface area contributed by atoms with E-state index >= 15 is 0 Å². The molecular formula is C12H18ClN3O4S. The molecule has 0 radical (unpaired) electrons. The van der Waals surface area contributed by atoms with Gasteiger partial charge in [0, 0.05) is 13.6 Å². The van der Waals surface area contributed by atoms with Crippen molar-refractivity contribution in [3.63, 3.8) is 0 Å². The smallest absolute Gasteiger partial charge is 0.264 e. The summed E-state index contributed by atoms with van der Waals surface area (Å²) in [5.74, 6) is 0. The van der Waals surface area contributed by atoms with Crippen LogP contribution in [0, 0.1) is 0 Å². The molecule has 0 N–H and O–H groups in total. The van der Waals surface area contributed by atoms with E-state index in [1.54, 1.807) is 7.05 Å². The molecule has 0 amide bonds. The summed E-state index contributed by atoms with van der Waals surface area (Å²) in [6.07, 6.45) is 3.39. The fraction of sp³-hybridized carbons (Fsp3) is 0.750. The Bertz CT molecular complexity index is 612. The lowest BCUT2D eigenvalue weighted by molar-refractivity contribution is -0.0913. The second kappa shape index (κ2) is 5.85. The van der Waals surface area contributed by atoms with Gasteiger partial charge in [0.25, 0.3) is 10.0 Å². The maximum atomic E-state index is 12.8. The highest BCUT2D eigenvalue weighted by Crippen LogP contribution is 2.31. The molecule has 3 heterocycles. The van der Waals surface area contributed by atoms with Gasteiger partial charge in [0.15, 0.2) is 6.29 Å². The first-order valence-electron chi connectivity index (χ1n) is 6.93. The van der Waals surface area contributed by atoms with Crippen LogP contribution in [0.25, 0.3) is 0 Å². The largest absolute Gasteiger partial charge is 0.349 e. The Labute approximate surface area is 128 Å². The lowest BCUT2D eigenvalue weighted by atomic mass is 10.0. The van der Waals surface area contributed by atoms with Crippen molar-refractivity contribution < 1.29 is 17.9 Å². The minimum Gasteiger partial charge on any atom is -0.349 e. The summed E-state index contributed by atoms with van der Waals surface area (Å²) in [4.78, 5) is 3.94. The number of aryl methyl sites for hydroxylation is 1. The van der Waals surface area contributed by atoms with Crippen LogP contribution in [-0.2, 0) is 26.5 Å². The number of imidazole rings is 1. The van der Waals surface area contributed by atoms with E-state index in [0.29, 0.717) is 26.2 Å². The molecule has 0 saturated carbocycles. The zero-order valence-electron chi connectivity index (χ0n) is 11.7. The number of rotatable bonds is 3. The predicted octanol–water partition coefficient (Wildman–Crippen LogP) is 0.990. The molecule has 2 saturated heterocycles. The molecule has 2 aliphatic rings. The number of nitrogens with zero attached hydrogens (tertiary/aromatic N) is 3. The molecule has 118 valence electrons. The van der Waals surface area contributed by atoms with E-state index in [2.05, 4.69) is 4.98 Å². The van der Waals surface area contributed by atoms with Crippen molar-refractivity contribution in [1.29, 1.82) is 0 Å². The molecule has 0 spiro atoms. The molecule has 0 aliphatic carbocycles. The number of sulfonamides is 1. The molecule has 0 aromatic carbocycles. The summed E-state index contributed by atoms with van der Waals surface area (Å²) in [5, 5.41) is 0.0177. The van der Waals surface area contributed by atoms with Crippen molar-refractivity contribution in [3.8, 4) is 0 Å². The van der Waals surface area contributed by atoms with E-state index in [9.17, 15) is 8.42 Å².